The lowest BCUT2D eigenvalue weighted by Crippen LogP contribution is -2.42. The largest absolute Gasteiger partial charge is 0.420 e. The number of alkyl halides is 3. The number of nitrogens with two attached hydrogens (primary N) is 1. The molecular formula is C16H18F3N5O3S2. The summed E-state index contributed by atoms with van der Waals surface area (Å²) in [5, 5.41) is 4.34. The minimum atomic E-state index is -4.68. The fourth-order valence-corrected chi connectivity index (χ4v) is 4.73. The molecule has 0 spiro atoms. The third-order valence-corrected chi connectivity index (χ3v) is 6.71. The van der Waals surface area contributed by atoms with Crippen molar-refractivity contribution >= 4 is 33.2 Å². The second-order valence-electron chi connectivity index (χ2n) is 6.60. The number of thiophene rings is 1. The highest BCUT2D eigenvalue weighted by Crippen LogP contribution is 2.38. The molecule has 1 saturated heterocycles. The maximum Gasteiger partial charge on any atom is 0.420 e. The van der Waals surface area contributed by atoms with Crippen LogP contribution in [0, 0.1) is 0 Å². The molecule has 2 aromatic heterocycles. The summed E-state index contributed by atoms with van der Waals surface area (Å²) in [7, 11) is -3.28. The Labute approximate surface area is 169 Å². The van der Waals surface area contributed by atoms with Gasteiger partial charge in [-0.25, -0.2) is 22.7 Å². The monoisotopic (exact) mass is 449 g/mol. The zero-order chi connectivity index (χ0) is 21.4. The number of primary amides is 1. The predicted molar refractivity (Wildman–Crippen MR) is 102 cm³/mol. The molecule has 8 nitrogen and oxygen atoms in total. The first kappa shape index (κ1) is 21.5. The number of piperidine rings is 1. The van der Waals surface area contributed by atoms with Crippen molar-refractivity contribution in [3.8, 4) is 10.6 Å². The average Bonchev–Trinajstić information content (AvgIpc) is 3.11. The molecule has 1 aliphatic rings. The second-order valence-corrected chi connectivity index (χ2v) is 9.49. The summed E-state index contributed by atoms with van der Waals surface area (Å²) in [5.74, 6) is -0.745. The lowest BCUT2D eigenvalue weighted by molar-refractivity contribution is -0.137. The van der Waals surface area contributed by atoms with Gasteiger partial charge in [0.15, 0.2) is 0 Å². The molecular weight excluding hydrogens is 431 g/mol. The van der Waals surface area contributed by atoms with Crippen LogP contribution in [0.2, 0.25) is 0 Å². The highest BCUT2D eigenvalue weighted by Gasteiger charge is 2.36. The molecule has 0 radical (unpaired) electrons. The van der Waals surface area contributed by atoms with Crippen molar-refractivity contribution in [2.24, 2.45) is 5.73 Å². The van der Waals surface area contributed by atoms with Crippen LogP contribution in [0.1, 0.15) is 28.8 Å². The van der Waals surface area contributed by atoms with Gasteiger partial charge in [-0.3, -0.25) is 4.79 Å². The van der Waals surface area contributed by atoms with E-state index in [2.05, 4.69) is 15.3 Å². The molecule has 3 heterocycles. The quantitative estimate of drug-likeness (QED) is 0.722. The molecule has 0 aliphatic carbocycles. The van der Waals surface area contributed by atoms with Crippen molar-refractivity contribution < 1.29 is 26.4 Å². The fraction of sp³-hybridized carbons (Fsp3) is 0.438. The highest BCUT2D eigenvalue weighted by molar-refractivity contribution is 7.88. The molecule has 0 bridgehead atoms. The molecule has 13 heteroatoms. The third-order valence-electron chi connectivity index (χ3n) is 4.47. The van der Waals surface area contributed by atoms with Gasteiger partial charge in [-0.2, -0.15) is 13.2 Å². The first-order valence-corrected chi connectivity index (χ1v) is 11.2. The van der Waals surface area contributed by atoms with Gasteiger partial charge >= 0.3 is 6.18 Å². The number of hydrogen-bond donors (Lipinski definition) is 2. The molecule has 1 aliphatic heterocycles. The Morgan fingerprint density at radius 1 is 1.34 bits per heavy atom. The Hall–Kier alpha value is -2.25. The van der Waals surface area contributed by atoms with Crippen LogP contribution in [0.3, 0.4) is 0 Å². The number of carbonyl (C=O) groups is 1. The molecule has 1 fully saturated rings. The summed E-state index contributed by atoms with van der Waals surface area (Å²) in [6.45, 7) is 0.605. The predicted octanol–water partition coefficient (Wildman–Crippen LogP) is 2.16. The van der Waals surface area contributed by atoms with E-state index in [9.17, 15) is 26.4 Å². The van der Waals surface area contributed by atoms with Gasteiger partial charge in [0.25, 0.3) is 0 Å². The minimum absolute atomic E-state index is 0.000157. The topological polar surface area (TPSA) is 118 Å². The highest BCUT2D eigenvalue weighted by atomic mass is 32.2. The van der Waals surface area contributed by atoms with Crippen LogP contribution in [-0.4, -0.2) is 54.0 Å². The Morgan fingerprint density at radius 3 is 2.52 bits per heavy atom. The number of aromatic nitrogens is 2. The van der Waals surface area contributed by atoms with Crippen LogP contribution in [0.4, 0.5) is 19.1 Å². The number of hydrogen-bond acceptors (Lipinski definition) is 7. The van der Waals surface area contributed by atoms with Gasteiger partial charge in [0, 0.05) is 30.7 Å². The molecule has 0 atom stereocenters. The van der Waals surface area contributed by atoms with Crippen molar-refractivity contribution in [1.29, 1.82) is 0 Å². The maximum atomic E-state index is 13.4. The van der Waals surface area contributed by atoms with E-state index in [4.69, 9.17) is 5.73 Å². The van der Waals surface area contributed by atoms with E-state index in [1.54, 1.807) is 0 Å². The molecule has 2 aromatic rings. The van der Waals surface area contributed by atoms with Gasteiger partial charge in [0.2, 0.25) is 21.9 Å². The van der Waals surface area contributed by atoms with E-state index in [-0.39, 0.29) is 28.1 Å². The Bertz CT molecular complexity index is 1020. The number of carbonyl (C=O) groups excluding carboxylic acids is 1. The molecule has 3 N–H and O–H groups in total. The average molecular weight is 449 g/mol. The zero-order valence-electron chi connectivity index (χ0n) is 15.2. The summed E-state index contributed by atoms with van der Waals surface area (Å²) in [5.41, 5.74) is 3.91. The number of rotatable bonds is 5. The molecule has 3 rings (SSSR count). The maximum absolute atomic E-state index is 13.4. The van der Waals surface area contributed by atoms with Crippen molar-refractivity contribution in [3.05, 3.63) is 28.8 Å². The first-order valence-electron chi connectivity index (χ1n) is 8.50. The standard InChI is InChI=1S/C16H18F3N5O3S2/c1-29(26,27)24-4-2-10(3-5-24)22-15-21-7-11(16(17,18)19)13(23-15)12-6-9(8-28-12)14(20)25/h6-8,10H,2-5H2,1H3,(H2,20,25)(H,21,22,23). The van der Waals surface area contributed by atoms with Gasteiger partial charge < -0.3 is 11.1 Å². The Balaban J connectivity index is 1.85. The van der Waals surface area contributed by atoms with Crippen LogP contribution in [0.25, 0.3) is 10.6 Å². The lowest BCUT2D eigenvalue weighted by Gasteiger charge is -2.30. The smallest absolute Gasteiger partial charge is 0.366 e. The van der Waals surface area contributed by atoms with Gasteiger partial charge in [-0.05, 0) is 18.9 Å². The number of sulfonamides is 1. The van der Waals surface area contributed by atoms with Gasteiger partial charge in [-0.15, -0.1) is 11.3 Å². The fourth-order valence-electron chi connectivity index (χ4n) is 2.95. The molecule has 158 valence electrons. The summed E-state index contributed by atoms with van der Waals surface area (Å²) in [6, 6.07) is 1.08. The van der Waals surface area contributed by atoms with Crippen LogP contribution >= 0.6 is 11.3 Å². The first-order chi connectivity index (χ1) is 13.4. The second kappa shape index (κ2) is 7.88. The minimum Gasteiger partial charge on any atom is -0.366 e. The van der Waals surface area contributed by atoms with Crippen LogP contribution in [-0.2, 0) is 16.2 Å². The molecule has 0 saturated carbocycles. The summed E-state index contributed by atoms with van der Waals surface area (Å²) < 4.78 is 64.7. The number of amides is 1. The number of nitrogens with zero attached hydrogens (tertiary/aromatic N) is 3. The van der Waals surface area contributed by atoms with E-state index in [0.29, 0.717) is 32.1 Å². The number of nitrogens with one attached hydrogen (secondary N) is 1. The van der Waals surface area contributed by atoms with Crippen LogP contribution in [0.5, 0.6) is 0 Å². The van der Waals surface area contributed by atoms with Crippen molar-refractivity contribution in [2.45, 2.75) is 25.1 Å². The Morgan fingerprint density at radius 2 is 2.00 bits per heavy atom. The van der Waals surface area contributed by atoms with Crippen molar-refractivity contribution in [1.82, 2.24) is 14.3 Å². The number of halogens is 3. The summed E-state index contributed by atoms with van der Waals surface area (Å²) in [4.78, 5) is 19.2. The van der Waals surface area contributed by atoms with Crippen LogP contribution in [0.15, 0.2) is 17.6 Å². The van der Waals surface area contributed by atoms with E-state index in [0.717, 1.165) is 17.6 Å². The molecule has 0 aromatic carbocycles. The zero-order valence-corrected chi connectivity index (χ0v) is 16.9. The van der Waals surface area contributed by atoms with Crippen LogP contribution < -0.4 is 11.1 Å². The van der Waals surface area contributed by atoms with Gasteiger partial charge in [-0.1, -0.05) is 0 Å². The van der Waals surface area contributed by atoms with Crippen molar-refractivity contribution in [2.75, 3.05) is 24.7 Å². The lowest BCUT2D eigenvalue weighted by atomic mass is 10.1. The Kier molecular flexibility index (Phi) is 5.83. The number of anilines is 1. The van der Waals surface area contributed by atoms with E-state index in [1.165, 1.54) is 15.8 Å². The molecule has 29 heavy (non-hydrogen) atoms. The summed E-state index contributed by atoms with van der Waals surface area (Å²) in [6.07, 6.45) is -1.91. The molecule has 1 amide bonds. The normalized spacial score (nSPS) is 16.7. The van der Waals surface area contributed by atoms with Gasteiger partial charge in [0.05, 0.1) is 22.4 Å². The van der Waals surface area contributed by atoms with E-state index < -0.39 is 27.7 Å². The van der Waals surface area contributed by atoms with Crippen molar-refractivity contribution in [3.63, 3.8) is 0 Å². The summed E-state index contributed by atoms with van der Waals surface area (Å²) >= 11 is 0.927. The third kappa shape index (κ3) is 5.03. The van der Waals surface area contributed by atoms with E-state index >= 15 is 0 Å². The van der Waals surface area contributed by atoms with E-state index in [1.807, 2.05) is 0 Å². The van der Waals surface area contributed by atoms with Gasteiger partial charge in [0.1, 0.15) is 5.56 Å². The SMILES string of the molecule is CS(=O)(=O)N1CCC(Nc2ncc(C(F)(F)F)c(-c3cc(C(N)=O)cs3)n2)CC1. The molecule has 0 unspecified atom stereocenters.